The molecule has 3 N–H and O–H groups in total. The van der Waals surface area contributed by atoms with Crippen LogP contribution in [0.4, 0.5) is 21.7 Å². The van der Waals surface area contributed by atoms with Gasteiger partial charge >= 0.3 is 0 Å². The number of hydrogen-bond donors (Lipinski definition) is 2. The molecule has 0 aliphatic rings. The van der Waals surface area contributed by atoms with Gasteiger partial charge in [-0.15, -0.1) is 0 Å². The van der Waals surface area contributed by atoms with Crippen molar-refractivity contribution in [2.45, 2.75) is 0 Å². The Bertz CT molecular complexity index is 579. The standard InChI is InChI=1S/C11H10ClFN4O/c1-18-8-3-2-6(4-7(8)13)17-11-9(12)10(14)15-5-16-11/h2-5H,1H3,(H3,14,15,16,17). The van der Waals surface area contributed by atoms with Gasteiger partial charge in [0.05, 0.1) is 7.11 Å². The van der Waals surface area contributed by atoms with Crippen molar-refractivity contribution in [1.29, 1.82) is 0 Å². The molecular formula is C11H10ClFN4O. The Morgan fingerprint density at radius 1 is 1.39 bits per heavy atom. The van der Waals surface area contributed by atoms with E-state index in [1.54, 1.807) is 6.07 Å². The van der Waals surface area contributed by atoms with Crippen molar-refractivity contribution in [2.75, 3.05) is 18.2 Å². The number of anilines is 3. The first-order chi connectivity index (χ1) is 8.61. The Hall–Kier alpha value is -2.08. The van der Waals surface area contributed by atoms with Gasteiger partial charge in [-0.05, 0) is 12.1 Å². The molecule has 1 heterocycles. The second-order valence-electron chi connectivity index (χ2n) is 3.40. The summed E-state index contributed by atoms with van der Waals surface area (Å²) in [6.07, 6.45) is 1.27. The summed E-state index contributed by atoms with van der Waals surface area (Å²) < 4.78 is 18.3. The third-order valence-electron chi connectivity index (χ3n) is 2.23. The van der Waals surface area contributed by atoms with Crippen LogP contribution in [-0.2, 0) is 0 Å². The van der Waals surface area contributed by atoms with E-state index >= 15 is 0 Å². The molecule has 5 nitrogen and oxygen atoms in total. The molecule has 1 aromatic carbocycles. The molecule has 0 fully saturated rings. The lowest BCUT2D eigenvalue weighted by atomic mass is 10.3. The number of nitrogens with one attached hydrogen (secondary N) is 1. The highest BCUT2D eigenvalue weighted by molar-refractivity contribution is 6.35. The molecule has 2 rings (SSSR count). The van der Waals surface area contributed by atoms with Crippen LogP contribution in [-0.4, -0.2) is 17.1 Å². The molecule has 0 aliphatic heterocycles. The first-order valence-electron chi connectivity index (χ1n) is 4.98. The van der Waals surface area contributed by atoms with E-state index in [1.807, 2.05) is 0 Å². The van der Waals surface area contributed by atoms with E-state index in [1.165, 1.54) is 25.6 Å². The third-order valence-corrected chi connectivity index (χ3v) is 2.60. The smallest absolute Gasteiger partial charge is 0.167 e. The van der Waals surface area contributed by atoms with Crippen molar-refractivity contribution in [3.63, 3.8) is 0 Å². The summed E-state index contributed by atoms with van der Waals surface area (Å²) in [5, 5.41) is 3.04. The highest BCUT2D eigenvalue weighted by Gasteiger charge is 2.08. The molecule has 0 saturated heterocycles. The molecule has 0 unspecified atom stereocenters. The summed E-state index contributed by atoms with van der Waals surface area (Å²) in [4.78, 5) is 7.65. The van der Waals surface area contributed by atoms with Gasteiger partial charge in [-0.2, -0.15) is 0 Å². The molecule has 0 aliphatic carbocycles. The maximum absolute atomic E-state index is 13.5. The quantitative estimate of drug-likeness (QED) is 0.895. The van der Waals surface area contributed by atoms with Gasteiger partial charge < -0.3 is 15.8 Å². The number of rotatable bonds is 3. The topological polar surface area (TPSA) is 73.1 Å². The molecule has 7 heteroatoms. The second-order valence-corrected chi connectivity index (χ2v) is 3.77. The number of benzene rings is 1. The molecule has 0 atom stereocenters. The van der Waals surface area contributed by atoms with E-state index in [-0.39, 0.29) is 16.6 Å². The van der Waals surface area contributed by atoms with Crippen LogP contribution in [0.25, 0.3) is 0 Å². The minimum absolute atomic E-state index is 0.156. The Labute approximate surface area is 108 Å². The van der Waals surface area contributed by atoms with Crippen molar-refractivity contribution >= 4 is 28.9 Å². The van der Waals surface area contributed by atoms with Crippen molar-refractivity contribution in [3.05, 3.63) is 35.4 Å². The van der Waals surface area contributed by atoms with Crippen LogP contribution in [0.5, 0.6) is 5.75 Å². The molecule has 2 aromatic rings. The molecule has 1 aromatic heterocycles. The normalized spacial score (nSPS) is 10.2. The molecule has 0 bridgehead atoms. The van der Waals surface area contributed by atoms with E-state index in [0.29, 0.717) is 11.5 Å². The zero-order chi connectivity index (χ0) is 13.1. The SMILES string of the molecule is COc1ccc(Nc2ncnc(N)c2Cl)cc1F. The van der Waals surface area contributed by atoms with Crippen molar-refractivity contribution < 1.29 is 9.13 Å². The van der Waals surface area contributed by atoms with Gasteiger partial charge in [0.25, 0.3) is 0 Å². The molecule has 0 radical (unpaired) electrons. The lowest BCUT2D eigenvalue weighted by molar-refractivity contribution is 0.386. The summed E-state index contributed by atoms with van der Waals surface area (Å²) in [5.41, 5.74) is 6.01. The summed E-state index contributed by atoms with van der Waals surface area (Å²) in [7, 11) is 1.40. The van der Waals surface area contributed by atoms with Gasteiger partial charge in [-0.1, -0.05) is 11.6 Å². The predicted molar refractivity (Wildman–Crippen MR) is 67.7 cm³/mol. The van der Waals surface area contributed by atoms with E-state index in [9.17, 15) is 4.39 Å². The van der Waals surface area contributed by atoms with Gasteiger partial charge in [0, 0.05) is 11.8 Å². The largest absolute Gasteiger partial charge is 0.494 e. The molecule has 18 heavy (non-hydrogen) atoms. The first-order valence-corrected chi connectivity index (χ1v) is 5.36. The number of nitrogens with zero attached hydrogens (tertiary/aromatic N) is 2. The molecule has 0 amide bonds. The van der Waals surface area contributed by atoms with Crippen molar-refractivity contribution in [3.8, 4) is 5.75 Å². The highest BCUT2D eigenvalue weighted by atomic mass is 35.5. The van der Waals surface area contributed by atoms with Crippen LogP contribution in [0.1, 0.15) is 0 Å². The fraction of sp³-hybridized carbons (Fsp3) is 0.0909. The van der Waals surface area contributed by atoms with Crippen LogP contribution < -0.4 is 15.8 Å². The summed E-state index contributed by atoms with van der Waals surface area (Å²) in [6, 6.07) is 4.40. The monoisotopic (exact) mass is 268 g/mol. The number of hydrogen-bond acceptors (Lipinski definition) is 5. The van der Waals surface area contributed by atoms with Gasteiger partial charge in [0.2, 0.25) is 0 Å². The maximum atomic E-state index is 13.5. The average Bonchev–Trinajstić information content (AvgIpc) is 2.35. The molecule has 0 spiro atoms. The number of nitrogens with two attached hydrogens (primary N) is 1. The van der Waals surface area contributed by atoms with E-state index < -0.39 is 5.82 Å². The number of aromatic nitrogens is 2. The van der Waals surface area contributed by atoms with Crippen LogP contribution in [0, 0.1) is 5.82 Å². The number of nitrogen functional groups attached to an aromatic ring is 1. The Kier molecular flexibility index (Phi) is 3.47. The predicted octanol–water partition coefficient (Wildman–Crippen LogP) is 2.60. The minimum atomic E-state index is -0.486. The van der Waals surface area contributed by atoms with Crippen molar-refractivity contribution in [2.24, 2.45) is 0 Å². The van der Waals surface area contributed by atoms with Gasteiger partial charge in [-0.25, -0.2) is 14.4 Å². The van der Waals surface area contributed by atoms with E-state index in [0.717, 1.165) is 0 Å². The van der Waals surface area contributed by atoms with Crippen LogP contribution in [0.15, 0.2) is 24.5 Å². The maximum Gasteiger partial charge on any atom is 0.167 e. The van der Waals surface area contributed by atoms with Crippen LogP contribution >= 0.6 is 11.6 Å². The average molecular weight is 269 g/mol. The van der Waals surface area contributed by atoms with Gasteiger partial charge in [0.1, 0.15) is 17.2 Å². The summed E-state index contributed by atoms with van der Waals surface area (Å²) >= 11 is 5.91. The zero-order valence-corrected chi connectivity index (χ0v) is 10.2. The lowest BCUT2D eigenvalue weighted by Crippen LogP contribution is -2.00. The Morgan fingerprint density at radius 3 is 2.83 bits per heavy atom. The van der Waals surface area contributed by atoms with Crippen LogP contribution in [0.2, 0.25) is 5.02 Å². The number of ether oxygens (including phenoxy) is 1. The second kappa shape index (κ2) is 5.05. The van der Waals surface area contributed by atoms with Gasteiger partial charge in [0.15, 0.2) is 17.4 Å². The Morgan fingerprint density at radius 2 is 2.17 bits per heavy atom. The Balaban J connectivity index is 2.29. The van der Waals surface area contributed by atoms with Crippen LogP contribution in [0.3, 0.4) is 0 Å². The fourth-order valence-electron chi connectivity index (χ4n) is 1.35. The van der Waals surface area contributed by atoms with Crippen molar-refractivity contribution in [1.82, 2.24) is 9.97 Å². The molecule has 0 saturated carbocycles. The lowest BCUT2D eigenvalue weighted by Gasteiger charge is -2.09. The number of methoxy groups -OCH3 is 1. The zero-order valence-electron chi connectivity index (χ0n) is 9.45. The van der Waals surface area contributed by atoms with E-state index in [2.05, 4.69) is 15.3 Å². The summed E-state index contributed by atoms with van der Waals surface area (Å²) in [5.74, 6) is 0.145. The molecular weight excluding hydrogens is 259 g/mol. The molecule has 94 valence electrons. The fourth-order valence-corrected chi connectivity index (χ4v) is 1.50. The van der Waals surface area contributed by atoms with E-state index in [4.69, 9.17) is 22.1 Å². The first kappa shape index (κ1) is 12.4. The number of halogens is 2. The third kappa shape index (κ3) is 2.43. The summed E-state index contributed by atoms with van der Waals surface area (Å²) in [6.45, 7) is 0. The highest BCUT2D eigenvalue weighted by Crippen LogP contribution is 2.28. The minimum Gasteiger partial charge on any atom is -0.494 e. The van der Waals surface area contributed by atoms with Gasteiger partial charge in [-0.3, -0.25) is 0 Å².